The number of rotatable bonds is 5. The van der Waals surface area contributed by atoms with Gasteiger partial charge in [0.25, 0.3) is 5.91 Å². The normalized spacial score (nSPS) is 20.8. The highest BCUT2D eigenvalue weighted by Crippen LogP contribution is 2.32. The number of hydrogen-bond acceptors (Lipinski definition) is 5. The molecule has 2 heterocycles. The zero-order chi connectivity index (χ0) is 17.2. The Morgan fingerprint density at radius 1 is 1.08 bits per heavy atom. The molecule has 7 heteroatoms. The van der Waals surface area contributed by atoms with Crippen LogP contribution in [0, 0.1) is 5.92 Å². The quantitative estimate of drug-likeness (QED) is 0.734. The van der Waals surface area contributed by atoms with E-state index < -0.39 is 6.04 Å². The van der Waals surface area contributed by atoms with Gasteiger partial charge in [-0.05, 0) is 62.9 Å². The fourth-order valence-corrected chi connectivity index (χ4v) is 3.36. The summed E-state index contributed by atoms with van der Waals surface area (Å²) < 4.78 is 10.6. The molecule has 1 aromatic rings. The molecule has 3 N–H and O–H groups in total. The van der Waals surface area contributed by atoms with E-state index in [9.17, 15) is 9.59 Å². The number of benzene rings is 1. The van der Waals surface area contributed by atoms with Crippen molar-refractivity contribution in [1.29, 1.82) is 0 Å². The first-order chi connectivity index (χ1) is 12.2. The lowest BCUT2D eigenvalue weighted by atomic mass is 9.89. The fraction of sp³-hybridized carbons (Fsp3) is 0.556. The molecule has 0 radical (unpaired) electrons. The largest absolute Gasteiger partial charge is 0.454 e. The summed E-state index contributed by atoms with van der Waals surface area (Å²) in [5.41, 5.74) is 0.474. The van der Waals surface area contributed by atoms with Gasteiger partial charge in [-0.15, -0.1) is 0 Å². The molecule has 1 aromatic carbocycles. The molecule has 4 rings (SSSR count). The van der Waals surface area contributed by atoms with E-state index in [0.29, 0.717) is 17.1 Å². The maximum absolute atomic E-state index is 12.7. The van der Waals surface area contributed by atoms with Gasteiger partial charge in [-0.1, -0.05) is 0 Å². The number of fused-ring (bicyclic) bond motifs is 1. The van der Waals surface area contributed by atoms with E-state index in [-0.39, 0.29) is 30.6 Å². The molecule has 2 fully saturated rings. The van der Waals surface area contributed by atoms with Crippen LogP contribution in [0.15, 0.2) is 18.2 Å². The minimum atomic E-state index is -0.499. The molecule has 2 amide bonds. The third-order valence-corrected chi connectivity index (χ3v) is 4.98. The average Bonchev–Trinajstić information content (AvgIpc) is 3.32. The molecule has 7 nitrogen and oxygen atoms in total. The van der Waals surface area contributed by atoms with E-state index in [1.165, 1.54) is 0 Å². The van der Waals surface area contributed by atoms with E-state index in [4.69, 9.17) is 9.47 Å². The Morgan fingerprint density at radius 3 is 2.60 bits per heavy atom. The van der Waals surface area contributed by atoms with Gasteiger partial charge in [0.2, 0.25) is 12.7 Å². The van der Waals surface area contributed by atoms with Gasteiger partial charge in [0.15, 0.2) is 11.5 Å². The first-order valence-electron chi connectivity index (χ1n) is 8.92. The number of amides is 2. The SMILES string of the molecule is O=C(NC(C(=O)NC1CC1)C1CCNCC1)c1ccc2c(c1)OCO2. The molecule has 1 saturated carbocycles. The predicted octanol–water partition coefficient (Wildman–Crippen LogP) is 0.792. The summed E-state index contributed by atoms with van der Waals surface area (Å²) in [7, 11) is 0. The van der Waals surface area contributed by atoms with Crippen LogP contribution in [-0.4, -0.2) is 43.8 Å². The molecular formula is C18H23N3O4. The van der Waals surface area contributed by atoms with Crippen LogP contribution in [0.2, 0.25) is 0 Å². The van der Waals surface area contributed by atoms with Crippen molar-refractivity contribution < 1.29 is 19.1 Å². The molecule has 0 bridgehead atoms. The Bertz CT molecular complexity index is 668. The second kappa shape index (κ2) is 6.92. The summed E-state index contributed by atoms with van der Waals surface area (Å²) in [4.78, 5) is 25.4. The summed E-state index contributed by atoms with van der Waals surface area (Å²) >= 11 is 0. The zero-order valence-electron chi connectivity index (χ0n) is 14.0. The molecule has 0 aromatic heterocycles. The minimum absolute atomic E-state index is 0.0662. The van der Waals surface area contributed by atoms with Gasteiger partial charge < -0.3 is 25.4 Å². The van der Waals surface area contributed by atoms with E-state index >= 15 is 0 Å². The topological polar surface area (TPSA) is 88.7 Å². The van der Waals surface area contributed by atoms with Gasteiger partial charge in [-0.3, -0.25) is 9.59 Å². The Labute approximate surface area is 146 Å². The average molecular weight is 345 g/mol. The molecule has 25 heavy (non-hydrogen) atoms. The number of piperidine rings is 1. The Hall–Kier alpha value is -2.28. The zero-order valence-corrected chi connectivity index (χ0v) is 14.0. The van der Waals surface area contributed by atoms with Crippen LogP contribution >= 0.6 is 0 Å². The van der Waals surface area contributed by atoms with Crippen molar-refractivity contribution in [3.63, 3.8) is 0 Å². The lowest BCUT2D eigenvalue weighted by molar-refractivity contribution is -0.124. The number of hydrogen-bond donors (Lipinski definition) is 3. The second-order valence-corrected chi connectivity index (χ2v) is 6.89. The summed E-state index contributed by atoms with van der Waals surface area (Å²) in [6.07, 6.45) is 3.82. The third kappa shape index (κ3) is 3.71. The smallest absolute Gasteiger partial charge is 0.252 e. The molecule has 134 valence electrons. The maximum Gasteiger partial charge on any atom is 0.252 e. The van der Waals surface area contributed by atoms with Crippen LogP contribution in [0.5, 0.6) is 11.5 Å². The van der Waals surface area contributed by atoms with Gasteiger partial charge >= 0.3 is 0 Å². The van der Waals surface area contributed by atoms with E-state index in [2.05, 4.69) is 16.0 Å². The van der Waals surface area contributed by atoms with Crippen LogP contribution in [0.3, 0.4) is 0 Å². The van der Waals surface area contributed by atoms with E-state index in [1.807, 2.05) is 0 Å². The van der Waals surface area contributed by atoms with E-state index in [0.717, 1.165) is 38.8 Å². The van der Waals surface area contributed by atoms with Gasteiger partial charge in [-0.25, -0.2) is 0 Å². The monoisotopic (exact) mass is 345 g/mol. The van der Waals surface area contributed by atoms with Gasteiger partial charge in [-0.2, -0.15) is 0 Å². The molecule has 0 spiro atoms. The fourth-order valence-electron chi connectivity index (χ4n) is 3.36. The number of nitrogens with one attached hydrogen (secondary N) is 3. The highest BCUT2D eigenvalue weighted by atomic mass is 16.7. The van der Waals surface area contributed by atoms with Crippen molar-refractivity contribution in [2.24, 2.45) is 5.92 Å². The van der Waals surface area contributed by atoms with Crippen molar-refractivity contribution >= 4 is 11.8 Å². The molecule has 2 aliphatic heterocycles. The summed E-state index contributed by atoms with van der Waals surface area (Å²) in [6.45, 7) is 1.91. The Balaban J connectivity index is 1.48. The Kier molecular flexibility index (Phi) is 4.48. The van der Waals surface area contributed by atoms with Crippen molar-refractivity contribution in [3.05, 3.63) is 23.8 Å². The molecule has 1 atom stereocenters. The highest BCUT2D eigenvalue weighted by Gasteiger charge is 2.34. The number of carbonyl (C=O) groups excluding carboxylic acids is 2. The lowest BCUT2D eigenvalue weighted by Gasteiger charge is -2.30. The summed E-state index contributed by atoms with van der Waals surface area (Å²) in [5.74, 6) is 1.03. The van der Waals surface area contributed by atoms with Crippen LogP contribution in [0.25, 0.3) is 0 Å². The predicted molar refractivity (Wildman–Crippen MR) is 90.6 cm³/mol. The van der Waals surface area contributed by atoms with Gasteiger partial charge in [0.1, 0.15) is 6.04 Å². The standard InChI is InChI=1S/C18H23N3O4/c22-17(12-1-4-14-15(9-12)25-10-24-14)21-16(11-5-7-19-8-6-11)18(23)20-13-2-3-13/h1,4,9,11,13,16,19H,2-3,5-8,10H2,(H,20,23)(H,21,22). The first kappa shape index (κ1) is 16.2. The third-order valence-electron chi connectivity index (χ3n) is 4.98. The number of ether oxygens (including phenoxy) is 2. The highest BCUT2D eigenvalue weighted by molar-refractivity contribution is 5.98. The molecule has 1 unspecified atom stereocenters. The molecule has 1 saturated heterocycles. The summed E-state index contributed by atoms with van der Waals surface area (Å²) in [5, 5.41) is 9.28. The molecular weight excluding hydrogens is 322 g/mol. The van der Waals surface area contributed by atoms with E-state index in [1.54, 1.807) is 18.2 Å². The van der Waals surface area contributed by atoms with Crippen molar-refractivity contribution in [1.82, 2.24) is 16.0 Å². The molecule has 3 aliphatic rings. The van der Waals surface area contributed by atoms with Crippen LogP contribution in [0.1, 0.15) is 36.0 Å². The van der Waals surface area contributed by atoms with Crippen LogP contribution < -0.4 is 25.4 Å². The first-order valence-corrected chi connectivity index (χ1v) is 8.92. The Morgan fingerprint density at radius 2 is 1.84 bits per heavy atom. The maximum atomic E-state index is 12.7. The summed E-state index contributed by atoms with van der Waals surface area (Å²) in [6, 6.07) is 4.86. The van der Waals surface area contributed by atoms with Gasteiger partial charge in [0.05, 0.1) is 0 Å². The van der Waals surface area contributed by atoms with Crippen molar-refractivity contribution in [2.45, 2.75) is 37.8 Å². The van der Waals surface area contributed by atoms with Gasteiger partial charge in [0, 0.05) is 11.6 Å². The van der Waals surface area contributed by atoms with Crippen LogP contribution in [0.4, 0.5) is 0 Å². The lowest BCUT2D eigenvalue weighted by Crippen LogP contribution is -2.53. The van der Waals surface area contributed by atoms with Crippen LogP contribution in [-0.2, 0) is 4.79 Å². The van der Waals surface area contributed by atoms with Crippen molar-refractivity contribution in [3.8, 4) is 11.5 Å². The minimum Gasteiger partial charge on any atom is -0.454 e. The number of carbonyl (C=O) groups is 2. The molecule has 1 aliphatic carbocycles. The second-order valence-electron chi connectivity index (χ2n) is 6.89. The van der Waals surface area contributed by atoms with Crippen molar-refractivity contribution in [2.75, 3.05) is 19.9 Å².